The molecule has 1 aromatic rings. The van der Waals surface area contributed by atoms with E-state index in [1.165, 1.54) is 6.42 Å². The molecule has 1 fully saturated rings. The van der Waals surface area contributed by atoms with E-state index >= 15 is 0 Å². The molecule has 0 aliphatic heterocycles. The fraction of sp³-hybridized carbons (Fsp3) is 0.800. The lowest BCUT2D eigenvalue weighted by molar-refractivity contribution is -0.0140. The van der Waals surface area contributed by atoms with Crippen molar-refractivity contribution in [2.45, 2.75) is 71.4 Å². The Morgan fingerprint density at radius 3 is 2.79 bits per heavy atom. The van der Waals surface area contributed by atoms with Crippen molar-refractivity contribution in [2.24, 2.45) is 5.92 Å². The Kier molecular flexibility index (Phi) is 4.72. The number of hydrogen-bond acceptors (Lipinski definition) is 2. The molecule has 0 saturated heterocycles. The standard InChI is InChI=1S/C15H25BrN2O/c1-4-12-14(16)13(18(5-2)17-12)10-15(19)8-6-7-11(3)9-15/h11,19H,4-10H2,1-3H3. The van der Waals surface area contributed by atoms with Crippen molar-refractivity contribution in [3.05, 3.63) is 15.9 Å². The molecule has 0 aromatic carbocycles. The Hall–Kier alpha value is -0.350. The summed E-state index contributed by atoms with van der Waals surface area (Å²) in [4.78, 5) is 0. The Labute approximate surface area is 124 Å². The highest BCUT2D eigenvalue weighted by atomic mass is 79.9. The first kappa shape index (κ1) is 15.0. The molecule has 1 N–H and O–H groups in total. The van der Waals surface area contributed by atoms with Crippen LogP contribution in [-0.4, -0.2) is 20.5 Å². The lowest BCUT2D eigenvalue weighted by atomic mass is 9.76. The number of aromatic nitrogens is 2. The Morgan fingerprint density at radius 1 is 1.47 bits per heavy atom. The van der Waals surface area contributed by atoms with Crippen molar-refractivity contribution in [2.75, 3.05) is 0 Å². The maximum atomic E-state index is 10.9. The van der Waals surface area contributed by atoms with Gasteiger partial charge in [0.25, 0.3) is 0 Å². The lowest BCUT2D eigenvalue weighted by Crippen LogP contribution is -2.37. The lowest BCUT2D eigenvalue weighted by Gasteiger charge is -2.35. The van der Waals surface area contributed by atoms with E-state index in [-0.39, 0.29) is 0 Å². The maximum absolute atomic E-state index is 10.9. The second-order valence-electron chi connectivity index (χ2n) is 5.98. The highest BCUT2D eigenvalue weighted by Gasteiger charge is 2.34. The summed E-state index contributed by atoms with van der Waals surface area (Å²) in [5, 5.41) is 15.5. The van der Waals surface area contributed by atoms with Crippen LogP contribution in [0.3, 0.4) is 0 Å². The van der Waals surface area contributed by atoms with Gasteiger partial charge in [0.15, 0.2) is 0 Å². The van der Waals surface area contributed by atoms with Gasteiger partial charge in [0.1, 0.15) is 0 Å². The molecule has 1 saturated carbocycles. The zero-order valence-corrected chi connectivity index (χ0v) is 13.8. The molecule has 1 aliphatic carbocycles. The third-order valence-electron chi connectivity index (χ3n) is 4.26. The zero-order chi connectivity index (χ0) is 14.0. The highest BCUT2D eigenvalue weighted by molar-refractivity contribution is 9.10. The summed E-state index contributed by atoms with van der Waals surface area (Å²) < 4.78 is 3.14. The van der Waals surface area contributed by atoms with E-state index in [9.17, 15) is 5.11 Å². The monoisotopic (exact) mass is 328 g/mol. The van der Waals surface area contributed by atoms with Gasteiger partial charge in [0, 0.05) is 13.0 Å². The van der Waals surface area contributed by atoms with Gasteiger partial charge in [-0.2, -0.15) is 5.10 Å². The zero-order valence-electron chi connectivity index (χ0n) is 12.2. The summed E-state index contributed by atoms with van der Waals surface area (Å²) in [5.41, 5.74) is 1.72. The molecule has 4 heteroatoms. The molecule has 2 rings (SSSR count). The van der Waals surface area contributed by atoms with Crippen LogP contribution in [0.2, 0.25) is 0 Å². The first-order valence-electron chi connectivity index (χ1n) is 7.45. The van der Waals surface area contributed by atoms with Crippen LogP contribution < -0.4 is 0 Å². The number of halogens is 1. The van der Waals surface area contributed by atoms with Crippen molar-refractivity contribution < 1.29 is 5.11 Å². The third kappa shape index (κ3) is 3.22. The summed E-state index contributed by atoms with van der Waals surface area (Å²) in [5.74, 6) is 0.626. The van der Waals surface area contributed by atoms with Crippen molar-refractivity contribution >= 4 is 15.9 Å². The van der Waals surface area contributed by atoms with Crippen LogP contribution in [0.5, 0.6) is 0 Å². The van der Waals surface area contributed by atoms with Gasteiger partial charge in [0.05, 0.1) is 21.5 Å². The molecule has 108 valence electrons. The summed E-state index contributed by atoms with van der Waals surface area (Å²) >= 11 is 3.67. The van der Waals surface area contributed by atoms with Crippen LogP contribution in [0.4, 0.5) is 0 Å². The topological polar surface area (TPSA) is 38.0 Å². The predicted molar refractivity (Wildman–Crippen MR) is 81.3 cm³/mol. The van der Waals surface area contributed by atoms with E-state index in [0.717, 1.165) is 54.5 Å². The van der Waals surface area contributed by atoms with E-state index in [4.69, 9.17) is 0 Å². The average molecular weight is 329 g/mol. The molecule has 0 spiro atoms. The largest absolute Gasteiger partial charge is 0.389 e. The molecule has 19 heavy (non-hydrogen) atoms. The van der Waals surface area contributed by atoms with E-state index in [0.29, 0.717) is 5.92 Å². The Bertz CT molecular complexity index is 444. The molecule has 1 heterocycles. The number of aryl methyl sites for hydroxylation is 2. The van der Waals surface area contributed by atoms with Crippen molar-refractivity contribution in [3.8, 4) is 0 Å². The van der Waals surface area contributed by atoms with Gasteiger partial charge in [-0.05, 0) is 48.0 Å². The first-order valence-corrected chi connectivity index (χ1v) is 8.24. The van der Waals surface area contributed by atoms with E-state index in [1.807, 2.05) is 4.68 Å². The molecule has 0 radical (unpaired) electrons. The quantitative estimate of drug-likeness (QED) is 0.914. The maximum Gasteiger partial charge on any atom is 0.0766 e. The SMILES string of the molecule is CCc1nn(CC)c(CC2(O)CCCC(C)C2)c1Br. The van der Waals surface area contributed by atoms with E-state index < -0.39 is 5.60 Å². The summed E-state index contributed by atoms with van der Waals surface area (Å²) in [6.45, 7) is 7.33. The Balaban J connectivity index is 2.24. The molecule has 0 amide bonds. The molecule has 0 bridgehead atoms. The van der Waals surface area contributed by atoms with Crippen LogP contribution in [0.25, 0.3) is 0 Å². The molecule has 2 atom stereocenters. The number of nitrogens with zero attached hydrogens (tertiary/aromatic N) is 2. The normalized spacial score (nSPS) is 27.7. The van der Waals surface area contributed by atoms with Gasteiger partial charge < -0.3 is 5.11 Å². The molecular formula is C15H25BrN2O. The van der Waals surface area contributed by atoms with Crippen LogP contribution >= 0.6 is 15.9 Å². The average Bonchev–Trinajstić information content (AvgIpc) is 2.65. The molecule has 1 aromatic heterocycles. The molecule has 2 unspecified atom stereocenters. The number of hydrogen-bond donors (Lipinski definition) is 1. The van der Waals surface area contributed by atoms with Gasteiger partial charge in [-0.15, -0.1) is 0 Å². The van der Waals surface area contributed by atoms with Gasteiger partial charge in [-0.3, -0.25) is 4.68 Å². The second-order valence-corrected chi connectivity index (χ2v) is 6.77. The van der Waals surface area contributed by atoms with Crippen molar-refractivity contribution in [3.63, 3.8) is 0 Å². The van der Waals surface area contributed by atoms with Gasteiger partial charge in [0.2, 0.25) is 0 Å². The first-order chi connectivity index (χ1) is 8.99. The molecule has 3 nitrogen and oxygen atoms in total. The third-order valence-corrected chi connectivity index (χ3v) is 5.17. The minimum Gasteiger partial charge on any atom is -0.389 e. The molecular weight excluding hydrogens is 304 g/mol. The smallest absolute Gasteiger partial charge is 0.0766 e. The summed E-state index contributed by atoms with van der Waals surface area (Å²) in [6.07, 6.45) is 5.86. The predicted octanol–water partition coefficient (Wildman–Crippen LogP) is 3.71. The van der Waals surface area contributed by atoms with Gasteiger partial charge in [-0.1, -0.05) is 26.7 Å². The Morgan fingerprint density at radius 2 is 2.21 bits per heavy atom. The van der Waals surface area contributed by atoms with E-state index in [1.54, 1.807) is 0 Å². The fourth-order valence-electron chi connectivity index (χ4n) is 3.29. The van der Waals surface area contributed by atoms with Crippen LogP contribution in [0.1, 0.15) is 57.8 Å². The highest BCUT2D eigenvalue weighted by Crippen LogP contribution is 2.36. The number of aliphatic hydroxyl groups is 1. The van der Waals surface area contributed by atoms with Crippen LogP contribution in [0, 0.1) is 5.92 Å². The van der Waals surface area contributed by atoms with E-state index in [2.05, 4.69) is 41.8 Å². The van der Waals surface area contributed by atoms with Gasteiger partial charge in [-0.25, -0.2) is 0 Å². The summed E-state index contributed by atoms with van der Waals surface area (Å²) in [7, 11) is 0. The fourth-order valence-corrected chi connectivity index (χ4v) is 4.00. The second kappa shape index (κ2) is 5.96. The number of rotatable bonds is 4. The minimum absolute atomic E-state index is 0.544. The van der Waals surface area contributed by atoms with Crippen molar-refractivity contribution in [1.82, 2.24) is 9.78 Å². The van der Waals surface area contributed by atoms with Crippen molar-refractivity contribution in [1.29, 1.82) is 0 Å². The van der Waals surface area contributed by atoms with Crippen LogP contribution in [0.15, 0.2) is 4.47 Å². The minimum atomic E-state index is -0.544. The molecule has 1 aliphatic rings. The van der Waals surface area contributed by atoms with Gasteiger partial charge >= 0.3 is 0 Å². The summed E-state index contributed by atoms with van der Waals surface area (Å²) in [6, 6.07) is 0. The van der Waals surface area contributed by atoms with Crippen LogP contribution in [-0.2, 0) is 19.4 Å².